The first-order valence-corrected chi connectivity index (χ1v) is 18.8. The predicted molar refractivity (Wildman–Crippen MR) is 183 cm³/mol. The summed E-state index contributed by atoms with van der Waals surface area (Å²) in [4.78, 5) is 20.8. The number of carbonyl (C=O) groups is 2. The third-order valence-corrected chi connectivity index (χ3v) is 8.78. The maximum atomic E-state index is 10.4. The zero-order valence-corrected chi connectivity index (χ0v) is 29.1. The summed E-state index contributed by atoms with van der Waals surface area (Å²) in [5, 5.41) is 17.1. The van der Waals surface area contributed by atoms with E-state index in [9.17, 15) is 9.59 Å². The lowest BCUT2D eigenvalue weighted by Gasteiger charge is -2.11. The first-order chi connectivity index (χ1) is 20.3. The van der Waals surface area contributed by atoms with E-state index in [-0.39, 0.29) is 0 Å². The summed E-state index contributed by atoms with van der Waals surface area (Å²) in [5.74, 6) is 0.361. The first-order valence-electron chi connectivity index (χ1n) is 18.8. The molecule has 0 aromatic carbocycles. The smallest absolute Gasteiger partial charge is 0.303 e. The van der Waals surface area contributed by atoms with Crippen molar-refractivity contribution in [2.75, 3.05) is 0 Å². The lowest BCUT2D eigenvalue weighted by Crippen LogP contribution is -1.97. The van der Waals surface area contributed by atoms with Gasteiger partial charge in [-0.2, -0.15) is 0 Å². The maximum Gasteiger partial charge on any atom is 0.303 e. The molecule has 0 aliphatic heterocycles. The van der Waals surface area contributed by atoms with Crippen LogP contribution in [0.4, 0.5) is 0 Å². The van der Waals surface area contributed by atoms with Crippen molar-refractivity contribution in [3.63, 3.8) is 0 Å². The molecule has 0 aliphatic rings. The molecule has 0 aromatic rings. The standard InChI is InChI=1S/2C19H38O2/c1-3-4-5-6-7-8-9-12-15-18(2)16-13-10-11-14-17-19(20)21;1-3-4-5-6-7-8-9-10-12-15-18(2)16-13-11-14-17-19(20)21/h2*18H,3-17H2,1-2H3,(H,20,21). The summed E-state index contributed by atoms with van der Waals surface area (Å²) < 4.78 is 0. The normalized spacial score (nSPS) is 12.5. The average molecular weight is 597 g/mol. The first kappa shape index (κ1) is 43.1. The SMILES string of the molecule is CCCCCCCCCCC(C)CCCCCCC(=O)O.CCCCCCCCCCCC(C)CCCCCC(=O)O. The Bertz CT molecular complexity index is 547. The van der Waals surface area contributed by atoms with Crippen molar-refractivity contribution in [2.45, 2.75) is 220 Å². The molecule has 0 fully saturated rings. The molecular weight excluding hydrogens is 520 g/mol. The Morgan fingerprint density at radius 3 is 0.857 bits per heavy atom. The molecule has 4 heteroatoms. The number of aliphatic carboxylic acids is 2. The van der Waals surface area contributed by atoms with Crippen molar-refractivity contribution in [1.82, 2.24) is 0 Å². The average Bonchev–Trinajstić information content (AvgIpc) is 2.95. The van der Waals surface area contributed by atoms with Gasteiger partial charge in [-0.15, -0.1) is 0 Å². The highest BCUT2D eigenvalue weighted by molar-refractivity contribution is 5.66. The van der Waals surface area contributed by atoms with Gasteiger partial charge in [0.25, 0.3) is 0 Å². The van der Waals surface area contributed by atoms with Crippen LogP contribution in [0.3, 0.4) is 0 Å². The van der Waals surface area contributed by atoms with Crippen LogP contribution in [0.15, 0.2) is 0 Å². The molecule has 0 aliphatic carbocycles. The summed E-state index contributed by atoms with van der Waals surface area (Å²) >= 11 is 0. The van der Waals surface area contributed by atoms with Crippen molar-refractivity contribution in [2.24, 2.45) is 11.8 Å². The fourth-order valence-corrected chi connectivity index (χ4v) is 5.79. The van der Waals surface area contributed by atoms with Gasteiger partial charge in [0, 0.05) is 12.8 Å². The number of rotatable bonds is 32. The molecule has 0 radical (unpaired) electrons. The van der Waals surface area contributed by atoms with Crippen LogP contribution in [-0.2, 0) is 9.59 Å². The van der Waals surface area contributed by atoms with E-state index in [1.807, 2.05) is 0 Å². The zero-order valence-electron chi connectivity index (χ0n) is 29.1. The quantitative estimate of drug-likeness (QED) is 0.0757. The van der Waals surface area contributed by atoms with Gasteiger partial charge in [-0.3, -0.25) is 9.59 Å². The Morgan fingerprint density at radius 2 is 0.595 bits per heavy atom. The summed E-state index contributed by atoms with van der Waals surface area (Å²) in [7, 11) is 0. The lowest BCUT2D eigenvalue weighted by molar-refractivity contribution is -0.138. The van der Waals surface area contributed by atoms with E-state index in [2.05, 4.69) is 27.7 Å². The van der Waals surface area contributed by atoms with Crippen molar-refractivity contribution < 1.29 is 19.8 Å². The lowest BCUT2D eigenvalue weighted by atomic mass is 9.96. The molecule has 42 heavy (non-hydrogen) atoms. The third-order valence-electron chi connectivity index (χ3n) is 8.78. The number of carboxylic acid groups (broad SMARTS) is 2. The van der Waals surface area contributed by atoms with E-state index in [0.29, 0.717) is 12.8 Å². The molecule has 2 N–H and O–H groups in total. The van der Waals surface area contributed by atoms with Crippen molar-refractivity contribution >= 4 is 11.9 Å². The highest BCUT2D eigenvalue weighted by Gasteiger charge is 2.04. The molecule has 2 unspecified atom stereocenters. The highest BCUT2D eigenvalue weighted by atomic mass is 16.4. The molecular formula is C38H76O4. The summed E-state index contributed by atoms with van der Waals surface area (Å²) in [6, 6.07) is 0. The Hall–Kier alpha value is -1.06. The van der Waals surface area contributed by atoms with E-state index < -0.39 is 11.9 Å². The van der Waals surface area contributed by atoms with E-state index in [0.717, 1.165) is 37.5 Å². The molecule has 0 spiro atoms. The van der Waals surface area contributed by atoms with Crippen LogP contribution in [0, 0.1) is 11.8 Å². The molecule has 0 rings (SSSR count). The topological polar surface area (TPSA) is 74.6 Å². The van der Waals surface area contributed by atoms with Gasteiger partial charge < -0.3 is 10.2 Å². The summed E-state index contributed by atoms with van der Waals surface area (Å²) in [6.07, 6.45) is 37.5. The molecule has 0 bridgehead atoms. The Balaban J connectivity index is 0. The van der Waals surface area contributed by atoms with Crippen LogP contribution in [0.25, 0.3) is 0 Å². The molecule has 252 valence electrons. The number of hydrogen-bond donors (Lipinski definition) is 2. The van der Waals surface area contributed by atoms with E-state index in [4.69, 9.17) is 10.2 Å². The van der Waals surface area contributed by atoms with Crippen molar-refractivity contribution in [3.05, 3.63) is 0 Å². The van der Waals surface area contributed by atoms with Gasteiger partial charge >= 0.3 is 11.9 Å². The summed E-state index contributed by atoms with van der Waals surface area (Å²) in [6.45, 7) is 9.27. The van der Waals surface area contributed by atoms with Crippen LogP contribution in [0.1, 0.15) is 220 Å². The van der Waals surface area contributed by atoms with Crippen molar-refractivity contribution in [1.29, 1.82) is 0 Å². The number of hydrogen-bond acceptors (Lipinski definition) is 2. The molecule has 0 heterocycles. The van der Waals surface area contributed by atoms with E-state index >= 15 is 0 Å². The molecule has 0 aromatic heterocycles. The van der Waals surface area contributed by atoms with E-state index in [1.54, 1.807) is 0 Å². The van der Waals surface area contributed by atoms with Gasteiger partial charge in [0.05, 0.1) is 0 Å². The second-order valence-corrected chi connectivity index (χ2v) is 13.4. The molecule has 0 saturated heterocycles. The van der Waals surface area contributed by atoms with Crippen LogP contribution in [0.5, 0.6) is 0 Å². The Labute approximate surface area is 263 Å². The second-order valence-electron chi connectivity index (χ2n) is 13.4. The minimum Gasteiger partial charge on any atom is -0.481 e. The fraction of sp³-hybridized carbons (Fsp3) is 0.947. The molecule has 2 atom stereocenters. The van der Waals surface area contributed by atoms with Gasteiger partial charge in [-0.05, 0) is 24.7 Å². The largest absolute Gasteiger partial charge is 0.481 e. The molecule has 4 nitrogen and oxygen atoms in total. The van der Waals surface area contributed by atoms with Crippen LogP contribution >= 0.6 is 0 Å². The fourth-order valence-electron chi connectivity index (χ4n) is 5.79. The maximum absolute atomic E-state index is 10.4. The van der Waals surface area contributed by atoms with Crippen LogP contribution < -0.4 is 0 Å². The highest BCUT2D eigenvalue weighted by Crippen LogP contribution is 2.19. The number of unbranched alkanes of at least 4 members (excludes halogenated alkanes) is 20. The van der Waals surface area contributed by atoms with Gasteiger partial charge in [-0.1, -0.05) is 195 Å². The van der Waals surface area contributed by atoms with Crippen LogP contribution in [-0.4, -0.2) is 22.2 Å². The van der Waals surface area contributed by atoms with Gasteiger partial charge in [-0.25, -0.2) is 0 Å². The Morgan fingerprint density at radius 1 is 0.381 bits per heavy atom. The third kappa shape index (κ3) is 41.1. The zero-order chi connectivity index (χ0) is 31.5. The summed E-state index contributed by atoms with van der Waals surface area (Å²) in [5.41, 5.74) is 0. The van der Waals surface area contributed by atoms with E-state index in [1.165, 1.54) is 154 Å². The van der Waals surface area contributed by atoms with Crippen LogP contribution in [0.2, 0.25) is 0 Å². The van der Waals surface area contributed by atoms with Gasteiger partial charge in [0.2, 0.25) is 0 Å². The Kier molecular flexibility index (Phi) is 37.1. The minimum atomic E-state index is -0.655. The van der Waals surface area contributed by atoms with Gasteiger partial charge in [0.15, 0.2) is 0 Å². The second kappa shape index (κ2) is 36.1. The van der Waals surface area contributed by atoms with Crippen molar-refractivity contribution in [3.8, 4) is 0 Å². The molecule has 0 amide bonds. The van der Waals surface area contributed by atoms with Gasteiger partial charge in [0.1, 0.15) is 0 Å². The monoisotopic (exact) mass is 597 g/mol. The predicted octanol–water partition coefficient (Wildman–Crippen LogP) is 13.2. The number of carboxylic acids is 2. The minimum absolute atomic E-state index is 0.340. The molecule has 0 saturated carbocycles.